The molecule has 2 aromatic heterocycles. The molecule has 1 aliphatic heterocycles. The van der Waals surface area contributed by atoms with Gasteiger partial charge in [-0.05, 0) is 43.5 Å². The second kappa shape index (κ2) is 8.06. The number of nitrogens with zero attached hydrogens (tertiary/aromatic N) is 5. The second-order valence-electron chi connectivity index (χ2n) is 7.39. The summed E-state index contributed by atoms with van der Waals surface area (Å²) in [5.74, 6) is -0.411. The molecule has 0 fully saturated rings. The molecule has 0 unspecified atom stereocenters. The molecule has 0 aliphatic carbocycles. The van der Waals surface area contributed by atoms with Gasteiger partial charge in [-0.1, -0.05) is 24.3 Å². The molecule has 0 saturated heterocycles. The van der Waals surface area contributed by atoms with Gasteiger partial charge in [0.05, 0.1) is 5.69 Å². The van der Waals surface area contributed by atoms with Crippen molar-refractivity contribution >= 4 is 23.3 Å². The maximum Gasteiger partial charge on any atom is 0.315 e. The van der Waals surface area contributed by atoms with Gasteiger partial charge in [0, 0.05) is 25.0 Å². The molecule has 31 heavy (non-hydrogen) atoms. The van der Waals surface area contributed by atoms with E-state index in [9.17, 15) is 9.59 Å². The Labute approximate surface area is 179 Å². The van der Waals surface area contributed by atoms with Crippen LogP contribution in [0.4, 0.5) is 5.82 Å². The van der Waals surface area contributed by atoms with E-state index >= 15 is 0 Å². The first kappa shape index (κ1) is 20.3. The molecule has 3 heterocycles. The largest absolute Gasteiger partial charge is 0.483 e. The van der Waals surface area contributed by atoms with Crippen LogP contribution < -0.4 is 9.64 Å². The van der Waals surface area contributed by atoms with Crippen molar-refractivity contribution in [3.8, 4) is 17.0 Å². The average Bonchev–Trinajstić information content (AvgIpc) is 2.86. The van der Waals surface area contributed by atoms with Gasteiger partial charge >= 0.3 is 5.91 Å². The van der Waals surface area contributed by atoms with E-state index in [-0.39, 0.29) is 18.1 Å². The third-order valence-corrected chi connectivity index (χ3v) is 5.00. The van der Waals surface area contributed by atoms with Gasteiger partial charge in [0.2, 0.25) is 5.82 Å². The third-order valence-electron chi connectivity index (χ3n) is 5.00. The van der Waals surface area contributed by atoms with Gasteiger partial charge in [-0.3, -0.25) is 14.5 Å². The van der Waals surface area contributed by atoms with Crippen molar-refractivity contribution in [1.82, 2.24) is 15.0 Å². The van der Waals surface area contributed by atoms with Gasteiger partial charge in [0.15, 0.2) is 11.6 Å². The number of carbonyl (C=O) groups excluding carboxylic acids is 2. The number of aliphatic imine (C=N–C) groups is 1. The summed E-state index contributed by atoms with van der Waals surface area (Å²) in [5, 5.41) is 0. The predicted molar refractivity (Wildman–Crippen MR) is 117 cm³/mol. The molecule has 0 spiro atoms. The van der Waals surface area contributed by atoms with Crippen LogP contribution in [0.5, 0.6) is 5.75 Å². The van der Waals surface area contributed by atoms with Crippen LogP contribution in [0.2, 0.25) is 0 Å². The molecule has 2 amide bonds. The highest BCUT2D eigenvalue weighted by Gasteiger charge is 2.28. The van der Waals surface area contributed by atoms with E-state index in [4.69, 9.17) is 4.74 Å². The van der Waals surface area contributed by atoms with Crippen LogP contribution in [0.15, 0.2) is 47.7 Å². The van der Waals surface area contributed by atoms with Gasteiger partial charge in [-0.15, -0.1) is 0 Å². The number of pyridine rings is 1. The minimum atomic E-state index is -0.703. The molecule has 3 aromatic rings. The molecular weight excluding hydrogens is 394 g/mol. The summed E-state index contributed by atoms with van der Waals surface area (Å²) < 4.78 is 5.70. The summed E-state index contributed by atoms with van der Waals surface area (Å²) in [6.45, 7) is 5.58. The molecule has 0 bridgehead atoms. The summed E-state index contributed by atoms with van der Waals surface area (Å²) >= 11 is 0. The van der Waals surface area contributed by atoms with Crippen LogP contribution in [0, 0.1) is 20.8 Å². The maximum absolute atomic E-state index is 12.8. The molecule has 8 heteroatoms. The number of carbonyl (C=O) groups is 2. The molecule has 1 aromatic carbocycles. The zero-order chi connectivity index (χ0) is 22.1. The summed E-state index contributed by atoms with van der Waals surface area (Å²) in [4.78, 5) is 43.8. The zero-order valence-electron chi connectivity index (χ0n) is 17.7. The smallest absolute Gasteiger partial charge is 0.315 e. The highest BCUT2D eigenvalue weighted by molar-refractivity contribution is 6.46. The monoisotopic (exact) mass is 415 g/mol. The number of hydrogen-bond donors (Lipinski definition) is 0. The topological polar surface area (TPSA) is 97.6 Å². The van der Waals surface area contributed by atoms with E-state index in [0.717, 1.165) is 22.3 Å². The van der Waals surface area contributed by atoms with Crippen molar-refractivity contribution in [3.05, 3.63) is 65.2 Å². The Morgan fingerprint density at radius 2 is 1.87 bits per heavy atom. The van der Waals surface area contributed by atoms with Gasteiger partial charge in [-0.25, -0.2) is 19.9 Å². The highest BCUT2D eigenvalue weighted by atomic mass is 16.5. The summed E-state index contributed by atoms with van der Waals surface area (Å²) in [5.41, 5.74) is 4.30. The number of fused-ring (bicyclic) bond motifs is 1. The quantitative estimate of drug-likeness (QED) is 0.638. The van der Waals surface area contributed by atoms with Gasteiger partial charge in [0.25, 0.3) is 5.91 Å². The van der Waals surface area contributed by atoms with Gasteiger partial charge < -0.3 is 4.74 Å². The summed E-state index contributed by atoms with van der Waals surface area (Å²) in [6, 6.07) is 9.55. The second-order valence-corrected chi connectivity index (χ2v) is 7.39. The molecule has 0 N–H and O–H groups in total. The molecule has 8 nitrogen and oxygen atoms in total. The number of aromatic nitrogens is 3. The van der Waals surface area contributed by atoms with Crippen molar-refractivity contribution in [3.63, 3.8) is 0 Å². The number of rotatable bonds is 2. The Hall–Kier alpha value is -3.94. The van der Waals surface area contributed by atoms with Crippen LogP contribution in [-0.2, 0) is 4.79 Å². The van der Waals surface area contributed by atoms with Crippen molar-refractivity contribution in [2.45, 2.75) is 20.8 Å². The minimum absolute atomic E-state index is 0.0373. The molecule has 0 atom stereocenters. The molecule has 156 valence electrons. The van der Waals surface area contributed by atoms with Crippen LogP contribution in [0.25, 0.3) is 11.3 Å². The zero-order valence-corrected chi connectivity index (χ0v) is 17.7. The van der Waals surface area contributed by atoms with Crippen molar-refractivity contribution in [1.29, 1.82) is 0 Å². The number of aryl methyl sites for hydroxylation is 3. The maximum atomic E-state index is 12.8. The Bertz CT molecular complexity index is 1240. The van der Waals surface area contributed by atoms with E-state index < -0.39 is 11.8 Å². The number of ether oxygens (including phenoxy) is 1. The number of benzene rings is 1. The lowest BCUT2D eigenvalue weighted by Crippen LogP contribution is -2.35. The standard InChI is InChI=1S/C23H21N5O3/c1-13-9-18-21(25-10-13)28(4)23(30)17(12-31-18)26-22(29)20-24-11-15(3)19(27-20)16-8-6-5-7-14(16)2/h5-11H,12H2,1-4H3/b26-17+. The summed E-state index contributed by atoms with van der Waals surface area (Å²) in [7, 11) is 1.57. The third kappa shape index (κ3) is 3.92. The average molecular weight is 415 g/mol. The summed E-state index contributed by atoms with van der Waals surface area (Å²) in [6.07, 6.45) is 3.23. The van der Waals surface area contributed by atoms with E-state index in [2.05, 4.69) is 19.9 Å². The molecule has 0 radical (unpaired) electrons. The van der Waals surface area contributed by atoms with Crippen molar-refractivity contribution in [2.75, 3.05) is 18.6 Å². The number of anilines is 1. The van der Waals surface area contributed by atoms with Crippen molar-refractivity contribution < 1.29 is 14.3 Å². The molecule has 4 rings (SSSR count). The fourth-order valence-corrected chi connectivity index (χ4v) is 3.30. The Morgan fingerprint density at radius 3 is 2.65 bits per heavy atom. The number of amides is 2. The molecule has 1 aliphatic rings. The number of hydrogen-bond acceptors (Lipinski definition) is 6. The van der Waals surface area contributed by atoms with E-state index in [1.807, 2.05) is 45.0 Å². The molecule has 0 saturated carbocycles. The Morgan fingerprint density at radius 1 is 1.10 bits per heavy atom. The first-order valence-corrected chi connectivity index (χ1v) is 9.74. The van der Waals surface area contributed by atoms with Crippen LogP contribution in [0.1, 0.15) is 27.3 Å². The fourth-order valence-electron chi connectivity index (χ4n) is 3.30. The first-order valence-electron chi connectivity index (χ1n) is 9.74. The lowest BCUT2D eigenvalue weighted by Gasteiger charge is -2.14. The van der Waals surface area contributed by atoms with Gasteiger partial charge in [-0.2, -0.15) is 0 Å². The minimum Gasteiger partial charge on any atom is -0.483 e. The lowest BCUT2D eigenvalue weighted by molar-refractivity contribution is -0.112. The normalized spacial score (nSPS) is 14.8. The highest BCUT2D eigenvalue weighted by Crippen LogP contribution is 2.28. The van der Waals surface area contributed by atoms with Crippen molar-refractivity contribution in [2.24, 2.45) is 4.99 Å². The molecular formula is C23H21N5O3. The van der Waals surface area contributed by atoms with E-state index in [1.165, 1.54) is 4.90 Å². The SMILES string of the molecule is Cc1cnc2c(c1)OC/C(=N\C(=O)c1ncc(C)c(-c3ccccc3C)n1)C(=O)N2C. The van der Waals surface area contributed by atoms with Crippen LogP contribution in [-0.4, -0.2) is 46.1 Å². The van der Waals surface area contributed by atoms with Crippen LogP contribution in [0.3, 0.4) is 0 Å². The van der Waals surface area contributed by atoms with Crippen LogP contribution >= 0.6 is 0 Å². The van der Waals surface area contributed by atoms with Gasteiger partial charge in [0.1, 0.15) is 12.3 Å². The van der Waals surface area contributed by atoms with E-state index in [0.29, 0.717) is 17.3 Å². The lowest BCUT2D eigenvalue weighted by atomic mass is 10.0. The first-order chi connectivity index (χ1) is 14.8. The van der Waals surface area contributed by atoms with E-state index in [1.54, 1.807) is 25.5 Å². The Kier molecular flexibility index (Phi) is 5.29. The fraction of sp³-hybridized carbons (Fsp3) is 0.217. The predicted octanol–water partition coefficient (Wildman–Crippen LogP) is 3.10. The Balaban J connectivity index is 1.67.